The van der Waals surface area contributed by atoms with E-state index >= 15 is 0 Å². The molecule has 43 heavy (non-hydrogen) atoms. The van der Waals surface area contributed by atoms with Gasteiger partial charge in [0.25, 0.3) is 0 Å². The normalized spacial score (nSPS) is 12.1. The van der Waals surface area contributed by atoms with E-state index < -0.39 is 12.2 Å². The fourth-order valence-corrected chi connectivity index (χ4v) is 4.94. The topological polar surface area (TPSA) is 91.3 Å². The third-order valence-corrected chi connectivity index (χ3v) is 7.89. The lowest BCUT2D eigenvalue weighted by atomic mass is 10.1. The lowest BCUT2D eigenvalue weighted by molar-refractivity contribution is -0.161. The molecule has 7 nitrogen and oxygen atoms in total. The molecule has 0 saturated heterocycles. The van der Waals surface area contributed by atoms with Gasteiger partial charge in [0.15, 0.2) is 6.29 Å². The van der Waals surface area contributed by atoms with E-state index in [0.29, 0.717) is 26.1 Å². The van der Waals surface area contributed by atoms with Crippen LogP contribution in [0.15, 0.2) is 0 Å². The Labute approximate surface area is 265 Å². The molecule has 0 aromatic heterocycles. The molecule has 1 N–H and O–H groups in total. The molecule has 0 aliphatic rings. The van der Waals surface area contributed by atoms with Gasteiger partial charge in [-0.05, 0) is 19.3 Å². The van der Waals surface area contributed by atoms with Crippen LogP contribution in [0.5, 0.6) is 0 Å². The molecule has 0 spiro atoms. The van der Waals surface area contributed by atoms with Crippen molar-refractivity contribution in [3.05, 3.63) is 0 Å². The quantitative estimate of drug-likeness (QED) is 0.0438. The molecule has 0 rings (SSSR count). The SMILES string of the molecule is CCCCCCCCCCCC(=O)OCC(CO)COC(=O)CCC(OCCCCCCCC)OCCCCCCCC. The van der Waals surface area contributed by atoms with Crippen LogP contribution in [0.4, 0.5) is 0 Å². The number of aliphatic hydroxyl groups excluding tert-OH is 1. The van der Waals surface area contributed by atoms with Crippen molar-refractivity contribution >= 4 is 11.9 Å². The van der Waals surface area contributed by atoms with Crippen LogP contribution in [-0.4, -0.2) is 56.4 Å². The van der Waals surface area contributed by atoms with E-state index in [0.717, 1.165) is 44.9 Å². The van der Waals surface area contributed by atoms with E-state index in [1.165, 1.54) is 89.9 Å². The standard InChI is InChI=1S/C36H70O7/c1-4-7-10-13-16-17-18-19-22-25-34(38)42-31-33(30-37)32-43-35(39)26-27-36(40-28-23-20-14-11-8-5-2)41-29-24-21-15-12-9-6-3/h33,36-37H,4-32H2,1-3H3. The van der Waals surface area contributed by atoms with Gasteiger partial charge < -0.3 is 24.1 Å². The number of carbonyl (C=O) groups excluding carboxylic acids is 2. The van der Waals surface area contributed by atoms with Crippen molar-refractivity contribution in [3.8, 4) is 0 Å². The van der Waals surface area contributed by atoms with Crippen LogP contribution in [0.1, 0.15) is 175 Å². The molecule has 0 fully saturated rings. The van der Waals surface area contributed by atoms with Gasteiger partial charge in [0, 0.05) is 26.1 Å². The average Bonchev–Trinajstić information content (AvgIpc) is 3.01. The van der Waals surface area contributed by atoms with Crippen LogP contribution < -0.4 is 0 Å². The number of ether oxygens (including phenoxy) is 4. The van der Waals surface area contributed by atoms with Crippen LogP contribution in [0.3, 0.4) is 0 Å². The first-order chi connectivity index (χ1) is 21.1. The van der Waals surface area contributed by atoms with E-state index in [9.17, 15) is 14.7 Å². The number of esters is 2. The number of rotatable bonds is 34. The highest BCUT2D eigenvalue weighted by Crippen LogP contribution is 2.13. The van der Waals surface area contributed by atoms with Gasteiger partial charge in [-0.3, -0.25) is 9.59 Å². The summed E-state index contributed by atoms with van der Waals surface area (Å²) in [6.07, 6.45) is 25.7. The minimum absolute atomic E-state index is 0.0303. The van der Waals surface area contributed by atoms with Crippen molar-refractivity contribution in [3.63, 3.8) is 0 Å². The molecule has 7 heteroatoms. The minimum Gasteiger partial charge on any atom is -0.465 e. The summed E-state index contributed by atoms with van der Waals surface area (Å²) in [5, 5.41) is 9.67. The number of aliphatic hydroxyl groups is 1. The number of carbonyl (C=O) groups is 2. The second-order valence-electron chi connectivity index (χ2n) is 12.2. The fraction of sp³-hybridized carbons (Fsp3) is 0.944. The first-order valence-electron chi connectivity index (χ1n) is 18.2. The molecule has 0 aromatic rings. The van der Waals surface area contributed by atoms with Crippen molar-refractivity contribution in [2.75, 3.05) is 33.0 Å². The summed E-state index contributed by atoms with van der Waals surface area (Å²) in [5.41, 5.74) is 0. The van der Waals surface area contributed by atoms with Gasteiger partial charge in [-0.1, -0.05) is 136 Å². The van der Waals surface area contributed by atoms with E-state index in [1.807, 2.05) is 0 Å². The third-order valence-electron chi connectivity index (χ3n) is 7.89. The third kappa shape index (κ3) is 30.6. The molecular weight excluding hydrogens is 544 g/mol. The lowest BCUT2D eigenvalue weighted by Gasteiger charge is -2.19. The second-order valence-corrected chi connectivity index (χ2v) is 12.2. The Balaban J connectivity index is 4.19. The zero-order chi connectivity index (χ0) is 31.6. The van der Waals surface area contributed by atoms with Crippen molar-refractivity contribution in [1.29, 1.82) is 0 Å². The maximum Gasteiger partial charge on any atom is 0.305 e. The molecular formula is C36H70O7. The van der Waals surface area contributed by atoms with Gasteiger partial charge in [-0.15, -0.1) is 0 Å². The predicted octanol–water partition coefficient (Wildman–Crippen LogP) is 9.46. The summed E-state index contributed by atoms with van der Waals surface area (Å²) in [5.74, 6) is -1.02. The van der Waals surface area contributed by atoms with E-state index in [4.69, 9.17) is 18.9 Å². The van der Waals surface area contributed by atoms with Crippen LogP contribution in [0.25, 0.3) is 0 Å². The van der Waals surface area contributed by atoms with Crippen molar-refractivity contribution < 1.29 is 33.6 Å². The molecule has 0 bridgehead atoms. The molecule has 1 atom stereocenters. The summed E-state index contributed by atoms with van der Waals surface area (Å²) in [6.45, 7) is 7.83. The Hall–Kier alpha value is -1.18. The summed E-state index contributed by atoms with van der Waals surface area (Å²) in [4.78, 5) is 24.5. The van der Waals surface area contributed by atoms with Crippen LogP contribution >= 0.6 is 0 Å². The number of hydrogen-bond acceptors (Lipinski definition) is 7. The number of hydrogen-bond donors (Lipinski definition) is 1. The summed E-state index contributed by atoms with van der Waals surface area (Å²) in [6, 6.07) is 0. The number of unbranched alkanes of at least 4 members (excludes halogenated alkanes) is 18. The molecule has 0 aliphatic carbocycles. The minimum atomic E-state index is -0.417. The Morgan fingerprint density at radius 2 is 0.884 bits per heavy atom. The Kier molecular flexibility index (Phi) is 32.8. The van der Waals surface area contributed by atoms with Gasteiger partial charge in [-0.25, -0.2) is 0 Å². The first-order valence-corrected chi connectivity index (χ1v) is 18.2. The molecule has 0 saturated carbocycles. The predicted molar refractivity (Wildman–Crippen MR) is 176 cm³/mol. The van der Waals surface area contributed by atoms with Gasteiger partial charge in [-0.2, -0.15) is 0 Å². The summed E-state index contributed by atoms with van der Waals surface area (Å²) < 4.78 is 22.7. The highest BCUT2D eigenvalue weighted by molar-refractivity contribution is 5.69. The van der Waals surface area contributed by atoms with Crippen molar-refractivity contribution in [2.45, 2.75) is 181 Å². The monoisotopic (exact) mass is 615 g/mol. The Bertz CT molecular complexity index is 580. The molecule has 0 amide bonds. The fourth-order valence-electron chi connectivity index (χ4n) is 4.94. The maximum absolute atomic E-state index is 12.4. The maximum atomic E-state index is 12.4. The molecule has 0 heterocycles. The zero-order valence-electron chi connectivity index (χ0n) is 28.6. The summed E-state index contributed by atoms with van der Waals surface area (Å²) >= 11 is 0. The van der Waals surface area contributed by atoms with E-state index in [1.54, 1.807) is 0 Å². The largest absolute Gasteiger partial charge is 0.465 e. The smallest absolute Gasteiger partial charge is 0.305 e. The van der Waals surface area contributed by atoms with Crippen LogP contribution in [0.2, 0.25) is 0 Å². The lowest BCUT2D eigenvalue weighted by Crippen LogP contribution is -2.25. The molecule has 0 aromatic carbocycles. The van der Waals surface area contributed by atoms with Crippen molar-refractivity contribution in [2.24, 2.45) is 5.92 Å². The molecule has 0 aliphatic heterocycles. The van der Waals surface area contributed by atoms with Gasteiger partial charge >= 0.3 is 11.9 Å². The molecule has 0 radical (unpaired) electrons. The van der Waals surface area contributed by atoms with E-state index in [-0.39, 0.29) is 38.2 Å². The average molecular weight is 615 g/mol. The second kappa shape index (κ2) is 33.7. The van der Waals surface area contributed by atoms with Crippen LogP contribution in [0, 0.1) is 5.92 Å². The van der Waals surface area contributed by atoms with E-state index in [2.05, 4.69) is 20.8 Å². The van der Waals surface area contributed by atoms with Gasteiger partial charge in [0.2, 0.25) is 0 Å². The highest BCUT2D eigenvalue weighted by Gasteiger charge is 2.17. The molecule has 256 valence electrons. The first kappa shape index (κ1) is 41.8. The van der Waals surface area contributed by atoms with Gasteiger partial charge in [0.1, 0.15) is 0 Å². The Morgan fingerprint density at radius 1 is 0.512 bits per heavy atom. The summed E-state index contributed by atoms with van der Waals surface area (Å²) in [7, 11) is 0. The zero-order valence-corrected chi connectivity index (χ0v) is 28.6. The molecule has 1 unspecified atom stereocenters. The van der Waals surface area contributed by atoms with Crippen LogP contribution in [-0.2, 0) is 28.5 Å². The Morgan fingerprint density at radius 3 is 1.30 bits per heavy atom. The highest BCUT2D eigenvalue weighted by atomic mass is 16.7. The van der Waals surface area contributed by atoms with Crippen molar-refractivity contribution in [1.82, 2.24) is 0 Å². The van der Waals surface area contributed by atoms with Gasteiger partial charge in [0.05, 0.1) is 32.2 Å².